The van der Waals surface area contributed by atoms with Gasteiger partial charge in [-0.2, -0.15) is 5.26 Å². The van der Waals surface area contributed by atoms with Gasteiger partial charge >= 0.3 is 0 Å². The summed E-state index contributed by atoms with van der Waals surface area (Å²) in [6.07, 6.45) is 1.87. The van der Waals surface area contributed by atoms with Gasteiger partial charge in [-0.3, -0.25) is 10.1 Å². The molecule has 0 fully saturated rings. The van der Waals surface area contributed by atoms with Crippen LogP contribution in [-0.2, 0) is 6.61 Å². The minimum Gasteiger partial charge on any atom is -0.488 e. The molecule has 0 aliphatic carbocycles. The smallest absolute Gasteiger partial charge is 0.269 e. The number of nitriles is 1. The van der Waals surface area contributed by atoms with Crippen LogP contribution in [0.1, 0.15) is 16.7 Å². The predicted molar refractivity (Wildman–Crippen MR) is 134 cm³/mol. The molecule has 5 nitrogen and oxygen atoms in total. The number of hydrogen-bond acceptors (Lipinski definition) is 4. The minimum atomic E-state index is -0.423. The summed E-state index contributed by atoms with van der Waals surface area (Å²) >= 11 is 2.20. The van der Waals surface area contributed by atoms with Crippen molar-refractivity contribution in [1.29, 1.82) is 5.26 Å². The molecule has 0 aromatic heterocycles. The van der Waals surface area contributed by atoms with Crippen LogP contribution in [0.5, 0.6) is 5.75 Å². The van der Waals surface area contributed by atoms with E-state index in [1.165, 1.54) is 12.1 Å². The molecule has 0 bridgehead atoms. The number of ether oxygens (including phenoxy) is 1. The molecular weight excluding hydrogens is 515 g/mol. The van der Waals surface area contributed by atoms with Gasteiger partial charge < -0.3 is 4.74 Å². The number of benzene rings is 4. The maximum absolute atomic E-state index is 10.8. The Balaban J connectivity index is 1.51. The van der Waals surface area contributed by atoms with Gasteiger partial charge in [0.05, 0.1) is 20.1 Å². The summed E-state index contributed by atoms with van der Waals surface area (Å²) in [5, 5.41) is 22.7. The van der Waals surface area contributed by atoms with Crippen molar-refractivity contribution in [2.75, 3.05) is 0 Å². The molecule has 4 aromatic rings. The highest BCUT2D eigenvalue weighted by atomic mass is 127. The molecule has 0 aliphatic heterocycles. The first-order valence-electron chi connectivity index (χ1n) is 9.80. The van der Waals surface area contributed by atoms with E-state index in [1.54, 1.807) is 12.1 Å². The van der Waals surface area contributed by atoms with Crippen LogP contribution in [0.15, 0.2) is 84.9 Å². The van der Waals surface area contributed by atoms with Gasteiger partial charge in [-0.05, 0) is 86.5 Å². The number of allylic oxidation sites excluding steroid dienone is 1. The fourth-order valence-electron chi connectivity index (χ4n) is 3.30. The lowest BCUT2D eigenvalue weighted by atomic mass is 10.0. The van der Waals surface area contributed by atoms with Crippen LogP contribution in [0.25, 0.3) is 22.4 Å². The normalized spacial score (nSPS) is 11.2. The maximum Gasteiger partial charge on any atom is 0.269 e. The second kappa shape index (κ2) is 9.62. The zero-order valence-corrected chi connectivity index (χ0v) is 19.0. The van der Waals surface area contributed by atoms with Gasteiger partial charge in [-0.15, -0.1) is 0 Å². The molecule has 0 atom stereocenters. The monoisotopic (exact) mass is 532 g/mol. The summed E-state index contributed by atoms with van der Waals surface area (Å²) in [7, 11) is 0. The SMILES string of the molecule is N#C/C(=C/c1ccc(OCc2ccc([N+](=O)[O-])cc2)c(I)c1)c1ccc2ccccc2c1. The highest BCUT2D eigenvalue weighted by Gasteiger charge is 2.08. The Hall–Kier alpha value is -3.70. The summed E-state index contributed by atoms with van der Waals surface area (Å²) in [4.78, 5) is 10.3. The number of hydrogen-bond donors (Lipinski definition) is 0. The molecule has 4 rings (SSSR count). The Labute approximate surface area is 198 Å². The van der Waals surface area contributed by atoms with Crippen LogP contribution in [0.2, 0.25) is 0 Å². The molecule has 0 saturated carbocycles. The summed E-state index contributed by atoms with van der Waals surface area (Å²) in [6.45, 7) is 0.309. The van der Waals surface area contributed by atoms with E-state index in [0.29, 0.717) is 17.9 Å². The molecule has 0 radical (unpaired) electrons. The fraction of sp³-hybridized carbons (Fsp3) is 0.0385. The zero-order chi connectivity index (χ0) is 22.5. The number of nitro groups is 1. The van der Waals surface area contributed by atoms with Crippen molar-refractivity contribution in [1.82, 2.24) is 0 Å². The largest absolute Gasteiger partial charge is 0.488 e. The molecular formula is C26H17IN2O3. The van der Waals surface area contributed by atoms with E-state index in [9.17, 15) is 15.4 Å². The summed E-state index contributed by atoms with van der Waals surface area (Å²) in [5.41, 5.74) is 3.27. The number of nitro benzene ring substituents is 1. The second-order valence-electron chi connectivity index (χ2n) is 7.13. The lowest BCUT2D eigenvalue weighted by molar-refractivity contribution is -0.384. The average Bonchev–Trinajstić information content (AvgIpc) is 2.82. The third kappa shape index (κ3) is 4.95. The van der Waals surface area contributed by atoms with Crippen molar-refractivity contribution in [3.8, 4) is 11.8 Å². The van der Waals surface area contributed by atoms with Gasteiger partial charge in [0.2, 0.25) is 0 Å². The van der Waals surface area contributed by atoms with Crippen molar-refractivity contribution in [3.05, 3.63) is 115 Å². The Morgan fingerprint density at radius 3 is 2.44 bits per heavy atom. The number of nitrogens with zero attached hydrogens (tertiary/aromatic N) is 2. The van der Waals surface area contributed by atoms with E-state index >= 15 is 0 Å². The molecule has 32 heavy (non-hydrogen) atoms. The number of non-ortho nitro benzene ring substituents is 1. The zero-order valence-electron chi connectivity index (χ0n) is 16.9. The first-order chi connectivity index (χ1) is 15.5. The molecule has 156 valence electrons. The molecule has 0 N–H and O–H groups in total. The average molecular weight is 532 g/mol. The van der Waals surface area contributed by atoms with E-state index in [1.807, 2.05) is 66.7 Å². The highest BCUT2D eigenvalue weighted by Crippen LogP contribution is 2.27. The van der Waals surface area contributed by atoms with Gasteiger partial charge in [0, 0.05) is 12.1 Å². The van der Waals surface area contributed by atoms with Gasteiger partial charge in [-0.1, -0.05) is 42.5 Å². The molecule has 4 aromatic carbocycles. The van der Waals surface area contributed by atoms with Crippen LogP contribution >= 0.6 is 22.6 Å². The molecule has 0 saturated heterocycles. The van der Waals surface area contributed by atoms with Crippen LogP contribution in [-0.4, -0.2) is 4.92 Å². The third-order valence-corrected chi connectivity index (χ3v) is 5.83. The lowest BCUT2D eigenvalue weighted by Crippen LogP contribution is -1.98. The topological polar surface area (TPSA) is 76.2 Å². The van der Waals surface area contributed by atoms with Crippen molar-refractivity contribution < 1.29 is 9.66 Å². The summed E-state index contributed by atoms with van der Waals surface area (Å²) in [6, 6.07) is 28.4. The molecule has 0 spiro atoms. The van der Waals surface area contributed by atoms with Crippen LogP contribution < -0.4 is 4.74 Å². The van der Waals surface area contributed by atoms with Crippen LogP contribution in [0.4, 0.5) is 5.69 Å². The second-order valence-corrected chi connectivity index (χ2v) is 8.30. The van der Waals surface area contributed by atoms with Gasteiger partial charge in [0.15, 0.2) is 0 Å². The number of halogens is 1. The quantitative estimate of drug-likeness (QED) is 0.0882. The Bertz CT molecular complexity index is 1370. The fourth-order valence-corrected chi connectivity index (χ4v) is 4.00. The van der Waals surface area contributed by atoms with E-state index in [4.69, 9.17) is 4.74 Å². The van der Waals surface area contributed by atoms with Crippen LogP contribution in [0.3, 0.4) is 0 Å². The lowest BCUT2D eigenvalue weighted by Gasteiger charge is -2.09. The third-order valence-electron chi connectivity index (χ3n) is 4.99. The highest BCUT2D eigenvalue weighted by molar-refractivity contribution is 14.1. The molecule has 6 heteroatoms. The van der Waals surface area contributed by atoms with Gasteiger partial charge in [0.25, 0.3) is 5.69 Å². The maximum atomic E-state index is 10.8. The molecule has 0 unspecified atom stereocenters. The number of fused-ring (bicyclic) bond motifs is 1. The Morgan fingerprint density at radius 2 is 1.75 bits per heavy atom. The van der Waals surface area contributed by atoms with Crippen molar-refractivity contribution in [2.45, 2.75) is 6.61 Å². The Kier molecular flexibility index (Phi) is 6.47. The van der Waals surface area contributed by atoms with Gasteiger partial charge in [-0.25, -0.2) is 0 Å². The van der Waals surface area contributed by atoms with E-state index in [-0.39, 0.29) is 5.69 Å². The standard InChI is InChI=1S/C26H17IN2O3/c27-25-14-19(7-12-26(25)32-17-18-5-10-24(11-6-18)29(30)31)13-23(16-28)22-9-8-20-3-1-2-4-21(20)15-22/h1-15H,17H2/b23-13-. The first kappa shape index (κ1) is 21.5. The van der Waals surface area contributed by atoms with Crippen molar-refractivity contribution >= 4 is 50.7 Å². The Morgan fingerprint density at radius 1 is 1.00 bits per heavy atom. The van der Waals surface area contributed by atoms with Gasteiger partial charge in [0.1, 0.15) is 12.4 Å². The van der Waals surface area contributed by atoms with E-state index in [2.05, 4.69) is 28.7 Å². The first-order valence-corrected chi connectivity index (χ1v) is 10.9. The summed E-state index contributed by atoms with van der Waals surface area (Å²) in [5.74, 6) is 0.713. The van der Waals surface area contributed by atoms with Crippen LogP contribution in [0, 0.1) is 25.0 Å². The molecule has 0 amide bonds. The minimum absolute atomic E-state index is 0.0548. The van der Waals surface area contributed by atoms with Crippen molar-refractivity contribution in [3.63, 3.8) is 0 Å². The predicted octanol–water partition coefficient (Wildman–Crippen LogP) is 7.00. The molecule has 0 aliphatic rings. The summed E-state index contributed by atoms with van der Waals surface area (Å²) < 4.78 is 6.79. The van der Waals surface area contributed by atoms with Crippen molar-refractivity contribution in [2.24, 2.45) is 0 Å². The number of rotatable bonds is 6. The van der Waals surface area contributed by atoms with E-state index in [0.717, 1.165) is 31.0 Å². The molecule has 0 heterocycles. The van der Waals surface area contributed by atoms with E-state index < -0.39 is 4.92 Å².